The zero-order chi connectivity index (χ0) is 13.9. The second kappa shape index (κ2) is 5.66. The molecule has 0 spiro atoms. The van der Waals surface area contributed by atoms with E-state index in [1.165, 1.54) is 11.1 Å². The van der Waals surface area contributed by atoms with Crippen molar-refractivity contribution in [1.82, 2.24) is 5.32 Å². The summed E-state index contributed by atoms with van der Waals surface area (Å²) in [7, 11) is 0. The van der Waals surface area contributed by atoms with Crippen molar-refractivity contribution in [3.8, 4) is 6.07 Å². The molecule has 3 rings (SSSR count). The summed E-state index contributed by atoms with van der Waals surface area (Å²) in [6.07, 6.45) is 2.15. The van der Waals surface area contributed by atoms with Crippen molar-refractivity contribution in [2.75, 3.05) is 0 Å². The molecule has 0 aliphatic heterocycles. The fraction of sp³-hybridized carbons (Fsp3) is 0.235. The second-order valence-corrected chi connectivity index (χ2v) is 5.58. The topological polar surface area (TPSA) is 35.8 Å². The molecule has 0 aromatic heterocycles. The van der Waals surface area contributed by atoms with Gasteiger partial charge in [0.15, 0.2) is 0 Å². The predicted octanol–water partition coefficient (Wildman–Crippen LogP) is 3.47. The van der Waals surface area contributed by atoms with E-state index in [0.29, 0.717) is 16.6 Å². The molecule has 0 bridgehead atoms. The number of nitrogens with one attached hydrogen (secondary N) is 1. The van der Waals surface area contributed by atoms with Crippen LogP contribution in [0.1, 0.15) is 22.3 Å². The first-order chi connectivity index (χ1) is 9.76. The SMILES string of the molecule is N#Cc1ccc(CNC2Cc3ccccc3C2)c(Cl)c1. The average molecular weight is 283 g/mol. The summed E-state index contributed by atoms with van der Waals surface area (Å²) < 4.78 is 0. The van der Waals surface area contributed by atoms with Crippen molar-refractivity contribution in [1.29, 1.82) is 5.26 Å². The van der Waals surface area contributed by atoms with Crippen molar-refractivity contribution >= 4 is 11.6 Å². The number of nitrogens with zero attached hydrogens (tertiary/aromatic N) is 1. The van der Waals surface area contributed by atoms with Crippen molar-refractivity contribution in [3.63, 3.8) is 0 Å². The lowest BCUT2D eigenvalue weighted by Gasteiger charge is -2.13. The Kier molecular flexibility index (Phi) is 3.73. The van der Waals surface area contributed by atoms with E-state index < -0.39 is 0 Å². The highest BCUT2D eigenvalue weighted by molar-refractivity contribution is 6.31. The van der Waals surface area contributed by atoms with Crippen LogP contribution < -0.4 is 5.32 Å². The maximum Gasteiger partial charge on any atom is 0.0992 e. The van der Waals surface area contributed by atoms with Crippen LogP contribution in [0.5, 0.6) is 0 Å². The molecular weight excluding hydrogens is 268 g/mol. The third-order valence-corrected chi connectivity index (χ3v) is 4.17. The average Bonchev–Trinajstić information content (AvgIpc) is 2.88. The summed E-state index contributed by atoms with van der Waals surface area (Å²) in [6.45, 7) is 0.739. The number of benzene rings is 2. The minimum absolute atomic E-state index is 0.471. The lowest BCUT2D eigenvalue weighted by atomic mass is 10.1. The number of hydrogen-bond acceptors (Lipinski definition) is 2. The summed E-state index contributed by atoms with van der Waals surface area (Å²) in [5.41, 5.74) is 4.53. The van der Waals surface area contributed by atoms with Crippen LogP contribution in [0.3, 0.4) is 0 Å². The van der Waals surface area contributed by atoms with Crippen molar-refractivity contribution in [2.24, 2.45) is 0 Å². The van der Waals surface area contributed by atoms with E-state index in [0.717, 1.165) is 24.9 Å². The Hall–Kier alpha value is -1.82. The van der Waals surface area contributed by atoms with Gasteiger partial charge in [0, 0.05) is 17.6 Å². The summed E-state index contributed by atoms with van der Waals surface area (Å²) in [5.74, 6) is 0. The van der Waals surface area contributed by atoms with Crippen LogP contribution >= 0.6 is 11.6 Å². The van der Waals surface area contributed by atoms with Crippen LogP contribution in [0.4, 0.5) is 0 Å². The van der Waals surface area contributed by atoms with E-state index >= 15 is 0 Å². The first-order valence-electron chi connectivity index (χ1n) is 6.75. The van der Waals surface area contributed by atoms with E-state index in [1.807, 2.05) is 12.1 Å². The molecular formula is C17H15ClN2. The van der Waals surface area contributed by atoms with Gasteiger partial charge in [0.25, 0.3) is 0 Å². The van der Waals surface area contributed by atoms with Gasteiger partial charge < -0.3 is 5.32 Å². The molecule has 2 aromatic rings. The normalized spacial score (nSPS) is 14.0. The van der Waals surface area contributed by atoms with Crippen LogP contribution in [0.15, 0.2) is 42.5 Å². The van der Waals surface area contributed by atoms with Crippen molar-refractivity contribution in [2.45, 2.75) is 25.4 Å². The lowest BCUT2D eigenvalue weighted by Crippen LogP contribution is -2.29. The van der Waals surface area contributed by atoms with Gasteiger partial charge in [-0.3, -0.25) is 0 Å². The Morgan fingerprint density at radius 2 is 1.85 bits per heavy atom. The van der Waals surface area contributed by atoms with Gasteiger partial charge in [0.05, 0.1) is 11.6 Å². The van der Waals surface area contributed by atoms with Gasteiger partial charge in [-0.15, -0.1) is 0 Å². The fourth-order valence-corrected chi connectivity index (χ4v) is 2.97. The van der Waals surface area contributed by atoms with Gasteiger partial charge >= 0.3 is 0 Å². The Morgan fingerprint density at radius 1 is 1.15 bits per heavy atom. The highest BCUT2D eigenvalue weighted by atomic mass is 35.5. The molecule has 2 aromatic carbocycles. The van der Waals surface area contributed by atoms with E-state index in [2.05, 4.69) is 35.7 Å². The first-order valence-corrected chi connectivity index (χ1v) is 7.13. The van der Waals surface area contributed by atoms with Crippen LogP contribution in [0.25, 0.3) is 0 Å². The Bertz CT molecular complexity index is 648. The molecule has 0 fully saturated rings. The van der Waals surface area contributed by atoms with Gasteiger partial charge in [-0.1, -0.05) is 41.9 Å². The van der Waals surface area contributed by atoms with Crippen LogP contribution in [0.2, 0.25) is 5.02 Å². The van der Waals surface area contributed by atoms with Crippen LogP contribution in [-0.2, 0) is 19.4 Å². The molecule has 0 unspecified atom stereocenters. The number of halogens is 1. The summed E-state index contributed by atoms with van der Waals surface area (Å²) >= 11 is 6.19. The fourth-order valence-electron chi connectivity index (χ4n) is 2.72. The number of nitriles is 1. The zero-order valence-electron chi connectivity index (χ0n) is 11.1. The van der Waals surface area contributed by atoms with Crippen molar-refractivity contribution in [3.05, 3.63) is 69.7 Å². The molecule has 2 nitrogen and oxygen atoms in total. The Labute approximate surface area is 124 Å². The molecule has 0 saturated heterocycles. The van der Waals surface area contributed by atoms with E-state index in [9.17, 15) is 0 Å². The molecule has 0 atom stereocenters. The first kappa shape index (κ1) is 13.2. The molecule has 1 N–H and O–H groups in total. The highest BCUT2D eigenvalue weighted by Crippen LogP contribution is 2.23. The highest BCUT2D eigenvalue weighted by Gasteiger charge is 2.20. The number of rotatable bonds is 3. The molecule has 100 valence electrons. The maximum absolute atomic E-state index is 8.83. The number of fused-ring (bicyclic) bond motifs is 1. The minimum Gasteiger partial charge on any atom is -0.309 e. The Morgan fingerprint density at radius 3 is 2.45 bits per heavy atom. The third kappa shape index (κ3) is 2.70. The van der Waals surface area contributed by atoms with Crippen LogP contribution in [0, 0.1) is 11.3 Å². The van der Waals surface area contributed by atoms with Gasteiger partial charge in [0.1, 0.15) is 0 Å². The lowest BCUT2D eigenvalue weighted by molar-refractivity contribution is 0.533. The summed E-state index contributed by atoms with van der Waals surface area (Å²) in [6, 6.07) is 16.6. The standard InChI is InChI=1S/C17H15ClN2/c18-17-7-12(10-19)5-6-15(17)11-20-16-8-13-3-1-2-4-14(13)9-16/h1-7,16,20H,8-9,11H2. The monoisotopic (exact) mass is 282 g/mol. The molecule has 0 radical (unpaired) electrons. The molecule has 20 heavy (non-hydrogen) atoms. The predicted molar refractivity (Wildman–Crippen MR) is 80.6 cm³/mol. The molecule has 1 aliphatic carbocycles. The molecule has 0 heterocycles. The molecule has 0 amide bonds. The zero-order valence-corrected chi connectivity index (χ0v) is 11.8. The van der Waals surface area contributed by atoms with E-state index in [4.69, 9.17) is 16.9 Å². The summed E-state index contributed by atoms with van der Waals surface area (Å²) in [4.78, 5) is 0. The number of hydrogen-bond donors (Lipinski definition) is 1. The largest absolute Gasteiger partial charge is 0.309 e. The van der Waals surface area contributed by atoms with Gasteiger partial charge in [0.2, 0.25) is 0 Å². The van der Waals surface area contributed by atoms with E-state index in [1.54, 1.807) is 6.07 Å². The van der Waals surface area contributed by atoms with Gasteiger partial charge in [-0.2, -0.15) is 5.26 Å². The van der Waals surface area contributed by atoms with E-state index in [-0.39, 0.29) is 0 Å². The molecule has 1 aliphatic rings. The van der Waals surface area contributed by atoms with Crippen molar-refractivity contribution < 1.29 is 0 Å². The van der Waals surface area contributed by atoms with Gasteiger partial charge in [-0.05, 0) is 41.7 Å². The van der Waals surface area contributed by atoms with Crippen LogP contribution in [-0.4, -0.2) is 6.04 Å². The molecule has 0 saturated carbocycles. The summed E-state index contributed by atoms with van der Waals surface area (Å²) in [5, 5.41) is 13.0. The molecule has 3 heteroatoms. The Balaban J connectivity index is 1.63. The van der Waals surface area contributed by atoms with Gasteiger partial charge in [-0.25, -0.2) is 0 Å². The quantitative estimate of drug-likeness (QED) is 0.936. The second-order valence-electron chi connectivity index (χ2n) is 5.17. The smallest absolute Gasteiger partial charge is 0.0992 e. The maximum atomic E-state index is 8.83. The minimum atomic E-state index is 0.471. The third-order valence-electron chi connectivity index (χ3n) is 3.81.